The zero-order chi connectivity index (χ0) is 17.1. The van der Waals surface area contributed by atoms with Gasteiger partial charge in [0.05, 0.1) is 0 Å². The summed E-state index contributed by atoms with van der Waals surface area (Å²) in [4.78, 5) is 25.2. The van der Waals surface area contributed by atoms with Crippen LogP contribution in [0.15, 0.2) is 22.7 Å². The molecule has 0 saturated heterocycles. The Balaban J connectivity index is 3.25. The van der Waals surface area contributed by atoms with Crippen LogP contribution in [0.4, 0.5) is 4.79 Å². The Hall–Kier alpha value is -1.27. The van der Waals surface area contributed by atoms with Gasteiger partial charge in [-0.1, -0.05) is 27.5 Å². The van der Waals surface area contributed by atoms with E-state index >= 15 is 0 Å². The summed E-state index contributed by atoms with van der Waals surface area (Å²) in [5.74, 6) is -1.16. The molecule has 1 N–H and O–H groups in total. The normalized spacial score (nSPS) is 12.6. The third-order valence-electron chi connectivity index (χ3n) is 2.77. The highest BCUT2D eigenvalue weighted by Crippen LogP contribution is 2.31. The van der Waals surface area contributed by atoms with Crippen LogP contribution < -0.4 is 0 Å². The first-order valence-corrected chi connectivity index (χ1v) is 7.91. The minimum absolute atomic E-state index is 0.185. The van der Waals surface area contributed by atoms with Crippen molar-refractivity contribution < 1.29 is 19.4 Å². The summed E-state index contributed by atoms with van der Waals surface area (Å²) in [6.45, 7) is 7.06. The maximum absolute atomic E-state index is 12.3. The molecule has 0 fully saturated rings. The van der Waals surface area contributed by atoms with Crippen LogP contribution in [0.3, 0.4) is 0 Å². The van der Waals surface area contributed by atoms with Crippen molar-refractivity contribution in [3.63, 3.8) is 0 Å². The number of halogens is 2. The lowest BCUT2D eigenvalue weighted by Crippen LogP contribution is -2.42. The largest absolute Gasteiger partial charge is 0.479 e. The van der Waals surface area contributed by atoms with Crippen molar-refractivity contribution in [2.45, 2.75) is 39.3 Å². The summed E-state index contributed by atoms with van der Waals surface area (Å²) < 4.78 is 5.85. The van der Waals surface area contributed by atoms with Gasteiger partial charge in [0.25, 0.3) is 0 Å². The van der Waals surface area contributed by atoms with Gasteiger partial charge in [-0.3, -0.25) is 4.90 Å². The SMILES string of the molecule is CCN(C(=O)OC(C)(C)C)C(C(=O)O)c1cc(Cl)ccc1Br. The Kier molecular flexibility index (Phi) is 6.26. The summed E-state index contributed by atoms with van der Waals surface area (Å²) in [5.41, 5.74) is -0.313. The second-order valence-electron chi connectivity index (χ2n) is 5.67. The monoisotopic (exact) mass is 391 g/mol. The van der Waals surface area contributed by atoms with Crippen LogP contribution in [-0.4, -0.2) is 34.2 Å². The fourth-order valence-electron chi connectivity index (χ4n) is 1.90. The van der Waals surface area contributed by atoms with Crippen molar-refractivity contribution >= 4 is 39.6 Å². The first kappa shape index (κ1) is 18.8. The third kappa shape index (κ3) is 4.88. The van der Waals surface area contributed by atoms with Crippen LogP contribution in [0.5, 0.6) is 0 Å². The predicted molar refractivity (Wildman–Crippen MR) is 88.1 cm³/mol. The topological polar surface area (TPSA) is 66.8 Å². The standard InChI is InChI=1S/C15H19BrClNO4/c1-5-18(14(21)22-15(2,3)4)12(13(19)20)10-8-9(17)6-7-11(10)16/h6-8,12H,5H2,1-4H3,(H,19,20). The number of ether oxygens (including phenoxy) is 1. The predicted octanol–water partition coefficient (Wildman–Crippen LogP) is 4.49. The molecule has 1 amide bonds. The van der Waals surface area contributed by atoms with E-state index in [0.29, 0.717) is 15.1 Å². The Labute approximate surface area is 143 Å². The van der Waals surface area contributed by atoms with Crippen LogP contribution in [-0.2, 0) is 9.53 Å². The average molecular weight is 393 g/mol. The van der Waals surface area contributed by atoms with E-state index in [1.54, 1.807) is 39.8 Å². The highest BCUT2D eigenvalue weighted by atomic mass is 79.9. The molecule has 1 rings (SSSR count). The summed E-state index contributed by atoms with van der Waals surface area (Å²) in [6.07, 6.45) is -0.686. The molecule has 1 aromatic rings. The van der Waals surface area contributed by atoms with E-state index in [1.807, 2.05) is 0 Å². The molecule has 0 aliphatic rings. The van der Waals surface area contributed by atoms with Crippen molar-refractivity contribution in [3.8, 4) is 0 Å². The summed E-state index contributed by atoms with van der Waals surface area (Å²) in [5, 5.41) is 9.97. The first-order valence-electron chi connectivity index (χ1n) is 6.74. The molecule has 5 nitrogen and oxygen atoms in total. The molecule has 1 unspecified atom stereocenters. The van der Waals surface area contributed by atoms with Gasteiger partial charge in [-0.2, -0.15) is 0 Å². The first-order chi connectivity index (χ1) is 10.1. The highest BCUT2D eigenvalue weighted by Gasteiger charge is 2.34. The molecule has 0 heterocycles. The van der Waals surface area contributed by atoms with Gasteiger partial charge in [0.2, 0.25) is 0 Å². The van der Waals surface area contributed by atoms with E-state index < -0.39 is 23.7 Å². The smallest absolute Gasteiger partial charge is 0.411 e. The van der Waals surface area contributed by atoms with Gasteiger partial charge < -0.3 is 9.84 Å². The van der Waals surface area contributed by atoms with Crippen molar-refractivity contribution in [1.82, 2.24) is 4.90 Å². The zero-order valence-corrected chi connectivity index (χ0v) is 15.2. The zero-order valence-electron chi connectivity index (χ0n) is 12.9. The Bertz CT molecular complexity index is 571. The van der Waals surface area contributed by atoms with Crippen LogP contribution in [0.1, 0.15) is 39.3 Å². The average Bonchev–Trinajstić information content (AvgIpc) is 2.36. The fourth-order valence-corrected chi connectivity index (χ4v) is 2.54. The number of carbonyl (C=O) groups is 2. The number of carboxylic acid groups (broad SMARTS) is 1. The summed E-state index contributed by atoms with van der Waals surface area (Å²) in [6, 6.07) is 3.62. The Morgan fingerprint density at radius 1 is 1.41 bits per heavy atom. The second-order valence-corrected chi connectivity index (χ2v) is 6.96. The summed E-state index contributed by atoms with van der Waals surface area (Å²) in [7, 11) is 0. The molecule has 7 heteroatoms. The molecular weight excluding hydrogens is 374 g/mol. The lowest BCUT2D eigenvalue weighted by Gasteiger charge is -2.31. The van der Waals surface area contributed by atoms with Crippen LogP contribution >= 0.6 is 27.5 Å². The van der Waals surface area contributed by atoms with Gasteiger partial charge in [-0.05, 0) is 45.9 Å². The maximum Gasteiger partial charge on any atom is 0.411 e. The van der Waals surface area contributed by atoms with Crippen molar-refractivity contribution in [2.75, 3.05) is 6.54 Å². The summed E-state index contributed by atoms with van der Waals surface area (Å²) >= 11 is 9.26. The number of aliphatic carboxylic acids is 1. The van der Waals surface area contributed by atoms with E-state index in [2.05, 4.69) is 15.9 Å². The molecule has 0 aliphatic carbocycles. The van der Waals surface area contributed by atoms with E-state index in [9.17, 15) is 14.7 Å². The van der Waals surface area contributed by atoms with Crippen LogP contribution in [0.25, 0.3) is 0 Å². The van der Waals surface area contributed by atoms with Gasteiger partial charge in [0.15, 0.2) is 6.04 Å². The molecule has 122 valence electrons. The molecule has 0 bridgehead atoms. The Morgan fingerprint density at radius 2 is 2.00 bits per heavy atom. The molecule has 1 atom stereocenters. The number of hydrogen-bond acceptors (Lipinski definition) is 3. The molecule has 0 radical (unpaired) electrons. The Morgan fingerprint density at radius 3 is 2.45 bits per heavy atom. The number of rotatable bonds is 4. The van der Waals surface area contributed by atoms with E-state index in [1.165, 1.54) is 6.07 Å². The number of amides is 1. The van der Waals surface area contributed by atoms with E-state index in [0.717, 1.165) is 4.90 Å². The number of hydrogen-bond donors (Lipinski definition) is 1. The molecule has 1 aromatic carbocycles. The minimum atomic E-state index is -1.19. The molecule has 0 saturated carbocycles. The number of benzene rings is 1. The van der Waals surface area contributed by atoms with Gasteiger partial charge in [-0.25, -0.2) is 9.59 Å². The second kappa shape index (κ2) is 7.33. The van der Waals surface area contributed by atoms with Crippen molar-refractivity contribution in [3.05, 3.63) is 33.3 Å². The lowest BCUT2D eigenvalue weighted by atomic mass is 10.1. The molecule has 0 spiro atoms. The van der Waals surface area contributed by atoms with Crippen LogP contribution in [0.2, 0.25) is 5.02 Å². The molecule has 22 heavy (non-hydrogen) atoms. The molecule has 0 aliphatic heterocycles. The lowest BCUT2D eigenvalue weighted by molar-refractivity contribution is -0.143. The minimum Gasteiger partial charge on any atom is -0.479 e. The van der Waals surface area contributed by atoms with Gasteiger partial charge in [0.1, 0.15) is 5.60 Å². The number of likely N-dealkylation sites (N-methyl/N-ethyl adjacent to an activating group) is 1. The fraction of sp³-hybridized carbons (Fsp3) is 0.467. The van der Waals surface area contributed by atoms with Crippen molar-refractivity contribution in [2.24, 2.45) is 0 Å². The quantitative estimate of drug-likeness (QED) is 0.820. The number of carboxylic acids is 1. The van der Waals surface area contributed by atoms with Gasteiger partial charge >= 0.3 is 12.1 Å². The van der Waals surface area contributed by atoms with E-state index in [-0.39, 0.29) is 6.54 Å². The number of nitrogens with zero attached hydrogens (tertiary/aromatic N) is 1. The third-order valence-corrected chi connectivity index (χ3v) is 3.72. The van der Waals surface area contributed by atoms with Crippen molar-refractivity contribution in [1.29, 1.82) is 0 Å². The maximum atomic E-state index is 12.3. The van der Waals surface area contributed by atoms with Gasteiger partial charge in [-0.15, -0.1) is 0 Å². The van der Waals surface area contributed by atoms with E-state index in [4.69, 9.17) is 16.3 Å². The molecule has 0 aromatic heterocycles. The van der Waals surface area contributed by atoms with Crippen LogP contribution in [0, 0.1) is 0 Å². The van der Waals surface area contributed by atoms with Gasteiger partial charge in [0, 0.05) is 21.6 Å². The number of carbonyl (C=O) groups excluding carboxylic acids is 1. The molecular formula is C15H19BrClNO4. The highest BCUT2D eigenvalue weighted by molar-refractivity contribution is 9.10.